The van der Waals surface area contributed by atoms with Crippen molar-refractivity contribution in [2.75, 3.05) is 0 Å². The van der Waals surface area contributed by atoms with Gasteiger partial charge in [-0.3, -0.25) is 0 Å². The Morgan fingerprint density at radius 3 is 1.62 bits per heavy atom. The lowest BCUT2D eigenvalue weighted by Crippen LogP contribution is -1.96. The van der Waals surface area contributed by atoms with Crippen LogP contribution in [0.15, 0.2) is 194 Å². The third kappa shape index (κ3) is 4.52. The zero-order chi connectivity index (χ0) is 36.0. The third-order valence-electron chi connectivity index (χ3n) is 11.7. The van der Waals surface area contributed by atoms with Crippen molar-refractivity contribution in [1.29, 1.82) is 0 Å². The third-order valence-corrected chi connectivity index (χ3v) is 11.7. The van der Waals surface area contributed by atoms with Crippen LogP contribution in [0.5, 0.6) is 0 Å². The van der Waals surface area contributed by atoms with Crippen molar-refractivity contribution in [1.82, 2.24) is 9.55 Å². The maximum atomic E-state index is 5.27. The highest BCUT2D eigenvalue weighted by molar-refractivity contribution is 6.25. The molecular weight excluding hydrogens is 665 g/mol. The van der Waals surface area contributed by atoms with Crippen LogP contribution < -0.4 is 0 Å². The van der Waals surface area contributed by atoms with E-state index in [2.05, 4.69) is 199 Å². The molecule has 55 heavy (non-hydrogen) atoms. The number of hydrogen-bond donors (Lipinski definition) is 0. The second-order valence-corrected chi connectivity index (χ2v) is 14.7. The first kappa shape index (κ1) is 30.2. The molecule has 0 aliphatic rings. The summed E-state index contributed by atoms with van der Waals surface area (Å²) in [5.74, 6) is 0. The lowest BCUT2D eigenvalue weighted by Gasteiger charge is -2.15. The second-order valence-electron chi connectivity index (χ2n) is 14.7. The van der Waals surface area contributed by atoms with Gasteiger partial charge in [0.05, 0.1) is 22.2 Å². The molecule has 0 unspecified atom stereocenters. The molecule has 0 bridgehead atoms. The van der Waals surface area contributed by atoms with Crippen molar-refractivity contribution in [3.05, 3.63) is 194 Å². The largest absolute Gasteiger partial charge is 0.308 e. The van der Waals surface area contributed by atoms with Gasteiger partial charge in [0.25, 0.3) is 0 Å². The van der Waals surface area contributed by atoms with Gasteiger partial charge in [0.15, 0.2) is 0 Å². The fourth-order valence-electron chi connectivity index (χ4n) is 9.14. The molecule has 10 aromatic carbocycles. The topological polar surface area (TPSA) is 17.8 Å². The Morgan fingerprint density at radius 2 is 0.855 bits per heavy atom. The van der Waals surface area contributed by atoms with Gasteiger partial charge < -0.3 is 4.57 Å². The molecule has 2 nitrogen and oxygen atoms in total. The van der Waals surface area contributed by atoms with Crippen LogP contribution in [0.1, 0.15) is 0 Å². The van der Waals surface area contributed by atoms with Crippen LogP contribution in [0.25, 0.3) is 115 Å². The van der Waals surface area contributed by atoms with Gasteiger partial charge in [0.2, 0.25) is 0 Å². The minimum absolute atomic E-state index is 1.01. The van der Waals surface area contributed by atoms with Gasteiger partial charge in [0, 0.05) is 49.0 Å². The fraction of sp³-hybridized carbons (Fsp3) is 0. The monoisotopic (exact) mass is 696 g/mol. The lowest BCUT2D eigenvalue weighted by molar-refractivity contribution is 1.19. The van der Waals surface area contributed by atoms with Crippen LogP contribution in [-0.4, -0.2) is 9.55 Å². The summed E-state index contributed by atoms with van der Waals surface area (Å²) in [5.41, 5.74) is 9.18. The van der Waals surface area contributed by atoms with Crippen LogP contribution in [-0.2, 0) is 0 Å². The molecule has 12 rings (SSSR count). The van der Waals surface area contributed by atoms with E-state index in [0.717, 1.165) is 22.5 Å². The quantitative estimate of drug-likeness (QED) is 0.168. The molecule has 0 aliphatic carbocycles. The van der Waals surface area contributed by atoms with E-state index in [0.29, 0.717) is 0 Å². The summed E-state index contributed by atoms with van der Waals surface area (Å²) >= 11 is 0. The number of hydrogen-bond acceptors (Lipinski definition) is 1. The number of para-hydroxylation sites is 1. The van der Waals surface area contributed by atoms with E-state index in [1.165, 1.54) is 92.2 Å². The first-order valence-electron chi connectivity index (χ1n) is 19.0. The van der Waals surface area contributed by atoms with Gasteiger partial charge in [-0.1, -0.05) is 164 Å². The molecule has 0 atom stereocenters. The Bertz CT molecular complexity index is 3460. The summed E-state index contributed by atoms with van der Waals surface area (Å²) in [6.07, 6.45) is 0. The summed E-state index contributed by atoms with van der Waals surface area (Å²) in [4.78, 5) is 5.27. The van der Waals surface area contributed by atoms with Gasteiger partial charge >= 0.3 is 0 Å². The summed E-state index contributed by atoms with van der Waals surface area (Å²) in [6.45, 7) is 0. The van der Waals surface area contributed by atoms with E-state index < -0.39 is 0 Å². The van der Waals surface area contributed by atoms with Crippen molar-refractivity contribution in [2.24, 2.45) is 0 Å². The first-order valence-corrected chi connectivity index (χ1v) is 19.0. The molecule has 0 aliphatic heterocycles. The van der Waals surface area contributed by atoms with Crippen LogP contribution in [0.2, 0.25) is 0 Å². The van der Waals surface area contributed by atoms with Crippen molar-refractivity contribution < 1.29 is 0 Å². The second kappa shape index (κ2) is 11.6. The Labute approximate surface area is 317 Å². The molecular formula is C53H32N2. The van der Waals surface area contributed by atoms with Crippen molar-refractivity contribution in [3.8, 4) is 28.1 Å². The minimum atomic E-state index is 1.01. The average molecular weight is 697 g/mol. The predicted molar refractivity (Wildman–Crippen MR) is 234 cm³/mol. The van der Waals surface area contributed by atoms with Crippen molar-refractivity contribution in [2.45, 2.75) is 0 Å². The van der Waals surface area contributed by atoms with Crippen LogP contribution in [0.4, 0.5) is 0 Å². The van der Waals surface area contributed by atoms with E-state index in [4.69, 9.17) is 4.98 Å². The number of aromatic nitrogens is 2. The summed E-state index contributed by atoms with van der Waals surface area (Å²) < 4.78 is 2.50. The number of fused-ring (bicyclic) bond motifs is 13. The Hall–Kier alpha value is -7.29. The number of benzene rings is 10. The molecule has 12 aromatic rings. The Balaban J connectivity index is 1.07. The standard InChI is InChI=1S/C53H32N2/c1-2-13-36-31-40(21-20-33(36)10-1)51-48-29-25-39-30-38(24-26-42(39)50(48)47-18-7-8-19-49(47)54-51)37-14-9-15-41(32-37)55-52-43-16-5-3-11-34(43)22-27-45(52)46-28-23-35-12-4-6-17-44(35)53(46)55/h1-32H. The predicted octanol–water partition coefficient (Wildman–Crippen LogP) is 14.4. The molecule has 2 heterocycles. The smallest absolute Gasteiger partial charge is 0.0788 e. The number of nitrogens with zero attached hydrogens (tertiary/aromatic N) is 2. The van der Waals surface area contributed by atoms with Crippen molar-refractivity contribution in [3.63, 3.8) is 0 Å². The van der Waals surface area contributed by atoms with E-state index in [1.54, 1.807) is 0 Å². The molecule has 0 saturated heterocycles. The minimum Gasteiger partial charge on any atom is -0.308 e. The van der Waals surface area contributed by atoms with E-state index >= 15 is 0 Å². The van der Waals surface area contributed by atoms with E-state index in [1.807, 2.05) is 0 Å². The van der Waals surface area contributed by atoms with Gasteiger partial charge in [-0.15, -0.1) is 0 Å². The number of pyridine rings is 1. The van der Waals surface area contributed by atoms with Crippen molar-refractivity contribution >= 4 is 86.6 Å². The zero-order valence-electron chi connectivity index (χ0n) is 29.9. The molecule has 0 spiro atoms. The number of rotatable bonds is 3. The Kier molecular flexibility index (Phi) is 6.37. The van der Waals surface area contributed by atoms with Crippen LogP contribution in [0.3, 0.4) is 0 Å². The highest BCUT2D eigenvalue weighted by atomic mass is 15.0. The van der Waals surface area contributed by atoms with E-state index in [-0.39, 0.29) is 0 Å². The molecule has 0 fully saturated rings. The maximum absolute atomic E-state index is 5.27. The summed E-state index contributed by atoms with van der Waals surface area (Å²) in [6, 6.07) is 71.0. The zero-order valence-corrected chi connectivity index (χ0v) is 29.9. The van der Waals surface area contributed by atoms with E-state index in [9.17, 15) is 0 Å². The highest BCUT2D eigenvalue weighted by Crippen LogP contribution is 2.42. The Morgan fingerprint density at radius 1 is 0.309 bits per heavy atom. The summed E-state index contributed by atoms with van der Waals surface area (Å²) in [5, 5.41) is 16.0. The maximum Gasteiger partial charge on any atom is 0.0788 e. The molecule has 254 valence electrons. The highest BCUT2D eigenvalue weighted by Gasteiger charge is 2.18. The molecule has 0 N–H and O–H groups in total. The van der Waals surface area contributed by atoms with Crippen LogP contribution in [0, 0.1) is 0 Å². The molecule has 0 saturated carbocycles. The first-order chi connectivity index (χ1) is 27.3. The molecule has 2 aromatic heterocycles. The average Bonchev–Trinajstić information content (AvgIpc) is 3.61. The molecule has 0 radical (unpaired) electrons. The molecule has 0 amide bonds. The summed E-state index contributed by atoms with van der Waals surface area (Å²) in [7, 11) is 0. The fourth-order valence-corrected chi connectivity index (χ4v) is 9.14. The van der Waals surface area contributed by atoms with Crippen LogP contribution >= 0.6 is 0 Å². The van der Waals surface area contributed by atoms with Gasteiger partial charge in [-0.05, 0) is 73.8 Å². The normalized spacial score (nSPS) is 12.0. The SMILES string of the molecule is c1cc(-c2ccc3c(ccc4c(-c5ccc6ccccc6c5)nc5ccccc5c43)c2)cc(-n2c3c4ccccc4ccc3c3ccc4ccccc4c32)c1. The molecule has 2 heteroatoms. The lowest BCUT2D eigenvalue weighted by atomic mass is 9.93. The van der Waals surface area contributed by atoms with Gasteiger partial charge in [0.1, 0.15) is 0 Å². The van der Waals surface area contributed by atoms with Gasteiger partial charge in [-0.25, -0.2) is 4.98 Å². The van der Waals surface area contributed by atoms with Gasteiger partial charge in [-0.2, -0.15) is 0 Å².